The highest BCUT2D eigenvalue weighted by Crippen LogP contribution is 2.08. The molecule has 0 heterocycles. The fraction of sp³-hybridized carbons (Fsp3) is 0.588. The van der Waals surface area contributed by atoms with Gasteiger partial charge < -0.3 is 15.0 Å². The quantitative estimate of drug-likeness (QED) is 0.785. The summed E-state index contributed by atoms with van der Waals surface area (Å²) in [6.45, 7) is 8.02. The van der Waals surface area contributed by atoms with Crippen LogP contribution >= 0.6 is 0 Å². The molecule has 0 atom stereocenters. The average Bonchev–Trinajstić information content (AvgIpc) is 2.41. The van der Waals surface area contributed by atoms with Crippen molar-refractivity contribution in [3.05, 3.63) is 35.9 Å². The third kappa shape index (κ3) is 8.35. The molecule has 0 saturated heterocycles. The van der Waals surface area contributed by atoms with E-state index in [4.69, 9.17) is 4.74 Å². The van der Waals surface area contributed by atoms with E-state index in [1.165, 1.54) is 5.56 Å². The van der Waals surface area contributed by atoms with E-state index in [1.54, 1.807) is 11.9 Å². The second-order valence-electron chi connectivity index (χ2n) is 6.24. The van der Waals surface area contributed by atoms with Crippen molar-refractivity contribution in [2.24, 2.45) is 0 Å². The highest BCUT2D eigenvalue weighted by Gasteiger charge is 2.18. The number of carbonyl (C=O) groups excluding carboxylic acids is 1. The first-order valence-corrected chi connectivity index (χ1v) is 7.57. The molecule has 1 N–H and O–H groups in total. The smallest absolute Gasteiger partial charge is 0.410 e. The molecule has 0 aromatic heterocycles. The third-order valence-electron chi connectivity index (χ3n) is 2.99. The van der Waals surface area contributed by atoms with E-state index in [0.717, 1.165) is 25.9 Å². The standard InChI is InChI=1S/C17H28N2O2/c1-17(2,3)21-16(20)19(4)14-13-18-12-8-11-15-9-6-5-7-10-15/h5-7,9-10,18H,8,11-14H2,1-4H3. The van der Waals surface area contributed by atoms with Gasteiger partial charge in [-0.05, 0) is 45.7 Å². The summed E-state index contributed by atoms with van der Waals surface area (Å²) >= 11 is 0. The Morgan fingerprint density at radius 2 is 1.86 bits per heavy atom. The lowest BCUT2D eigenvalue weighted by Crippen LogP contribution is -2.38. The van der Waals surface area contributed by atoms with Crippen molar-refractivity contribution in [2.45, 2.75) is 39.2 Å². The van der Waals surface area contributed by atoms with E-state index in [-0.39, 0.29) is 6.09 Å². The SMILES string of the molecule is CN(CCNCCCc1ccccc1)C(=O)OC(C)(C)C. The molecule has 0 aliphatic carbocycles. The monoisotopic (exact) mass is 292 g/mol. The van der Waals surface area contributed by atoms with Crippen LogP contribution in [0, 0.1) is 0 Å². The van der Waals surface area contributed by atoms with E-state index < -0.39 is 5.60 Å². The van der Waals surface area contributed by atoms with Gasteiger partial charge in [-0.3, -0.25) is 0 Å². The van der Waals surface area contributed by atoms with E-state index in [9.17, 15) is 4.79 Å². The van der Waals surface area contributed by atoms with Gasteiger partial charge in [0.15, 0.2) is 0 Å². The van der Waals surface area contributed by atoms with Gasteiger partial charge in [-0.25, -0.2) is 4.79 Å². The molecule has 0 aliphatic heterocycles. The molecular weight excluding hydrogens is 264 g/mol. The van der Waals surface area contributed by atoms with Crippen LogP contribution in [0.5, 0.6) is 0 Å². The van der Waals surface area contributed by atoms with Gasteiger partial charge >= 0.3 is 6.09 Å². The van der Waals surface area contributed by atoms with E-state index in [1.807, 2.05) is 26.8 Å². The fourth-order valence-corrected chi connectivity index (χ4v) is 1.87. The van der Waals surface area contributed by atoms with Gasteiger partial charge in [-0.15, -0.1) is 0 Å². The maximum absolute atomic E-state index is 11.7. The first kappa shape index (κ1) is 17.5. The summed E-state index contributed by atoms with van der Waals surface area (Å²) in [6.07, 6.45) is 1.91. The maximum atomic E-state index is 11.7. The number of carbonyl (C=O) groups is 1. The predicted octanol–water partition coefficient (Wildman–Crippen LogP) is 3.08. The van der Waals surface area contributed by atoms with Crippen molar-refractivity contribution in [2.75, 3.05) is 26.7 Å². The molecule has 1 amide bonds. The van der Waals surface area contributed by atoms with Gasteiger partial charge in [0.1, 0.15) is 5.60 Å². The molecule has 0 aliphatic rings. The Labute approximate surface area is 128 Å². The number of hydrogen-bond donors (Lipinski definition) is 1. The number of aryl methyl sites for hydroxylation is 1. The fourth-order valence-electron chi connectivity index (χ4n) is 1.87. The molecule has 4 heteroatoms. The molecule has 0 radical (unpaired) electrons. The third-order valence-corrected chi connectivity index (χ3v) is 2.99. The van der Waals surface area contributed by atoms with Gasteiger partial charge in [0.2, 0.25) is 0 Å². The van der Waals surface area contributed by atoms with Crippen LogP contribution in [-0.2, 0) is 11.2 Å². The number of likely N-dealkylation sites (N-methyl/N-ethyl adjacent to an activating group) is 1. The minimum Gasteiger partial charge on any atom is -0.444 e. The Balaban J connectivity index is 2.07. The second-order valence-corrected chi connectivity index (χ2v) is 6.24. The van der Waals surface area contributed by atoms with Crippen LogP contribution in [0.2, 0.25) is 0 Å². The van der Waals surface area contributed by atoms with Crippen LogP contribution in [0.15, 0.2) is 30.3 Å². The summed E-state index contributed by atoms with van der Waals surface area (Å²) in [7, 11) is 1.76. The summed E-state index contributed by atoms with van der Waals surface area (Å²) in [5.41, 5.74) is 0.930. The predicted molar refractivity (Wildman–Crippen MR) is 86.5 cm³/mol. The molecular formula is C17H28N2O2. The normalized spacial score (nSPS) is 11.2. The van der Waals surface area contributed by atoms with Gasteiger partial charge in [0, 0.05) is 20.1 Å². The number of amides is 1. The second kappa shape index (κ2) is 8.67. The number of benzene rings is 1. The molecule has 0 unspecified atom stereocenters. The molecule has 118 valence electrons. The highest BCUT2D eigenvalue weighted by atomic mass is 16.6. The minimum absolute atomic E-state index is 0.270. The summed E-state index contributed by atoms with van der Waals surface area (Å²) in [4.78, 5) is 13.3. The Hall–Kier alpha value is -1.55. The van der Waals surface area contributed by atoms with Gasteiger partial charge in [-0.2, -0.15) is 0 Å². The van der Waals surface area contributed by atoms with Gasteiger partial charge in [0.25, 0.3) is 0 Å². The zero-order valence-corrected chi connectivity index (χ0v) is 13.7. The van der Waals surface area contributed by atoms with Crippen LogP contribution in [0.4, 0.5) is 4.79 Å². The summed E-state index contributed by atoms with van der Waals surface area (Å²) in [5.74, 6) is 0. The molecule has 1 rings (SSSR count). The zero-order valence-electron chi connectivity index (χ0n) is 13.7. The molecule has 4 nitrogen and oxygen atoms in total. The zero-order chi connectivity index (χ0) is 15.7. The van der Waals surface area contributed by atoms with Gasteiger partial charge in [-0.1, -0.05) is 30.3 Å². The lowest BCUT2D eigenvalue weighted by atomic mass is 10.1. The highest BCUT2D eigenvalue weighted by molar-refractivity contribution is 5.67. The van der Waals surface area contributed by atoms with Crippen molar-refractivity contribution in [1.29, 1.82) is 0 Å². The molecule has 0 bridgehead atoms. The molecule has 0 fully saturated rings. The lowest BCUT2D eigenvalue weighted by molar-refractivity contribution is 0.0300. The summed E-state index contributed by atoms with van der Waals surface area (Å²) < 4.78 is 5.29. The van der Waals surface area contributed by atoms with Crippen LogP contribution in [-0.4, -0.2) is 43.3 Å². The number of ether oxygens (including phenoxy) is 1. The van der Waals surface area contributed by atoms with Crippen molar-refractivity contribution in [1.82, 2.24) is 10.2 Å². The van der Waals surface area contributed by atoms with E-state index >= 15 is 0 Å². The van der Waals surface area contributed by atoms with Crippen molar-refractivity contribution < 1.29 is 9.53 Å². The van der Waals surface area contributed by atoms with Crippen LogP contribution < -0.4 is 5.32 Å². The average molecular weight is 292 g/mol. The lowest BCUT2D eigenvalue weighted by Gasteiger charge is -2.24. The van der Waals surface area contributed by atoms with Crippen molar-refractivity contribution in [3.8, 4) is 0 Å². The van der Waals surface area contributed by atoms with E-state index in [2.05, 4.69) is 29.6 Å². The van der Waals surface area contributed by atoms with Crippen molar-refractivity contribution >= 4 is 6.09 Å². The molecule has 1 aromatic rings. The minimum atomic E-state index is -0.436. The molecule has 0 spiro atoms. The van der Waals surface area contributed by atoms with Crippen molar-refractivity contribution in [3.63, 3.8) is 0 Å². The summed E-state index contributed by atoms with van der Waals surface area (Å²) in [5, 5.41) is 3.35. The first-order valence-electron chi connectivity index (χ1n) is 7.57. The Morgan fingerprint density at radius 1 is 1.19 bits per heavy atom. The maximum Gasteiger partial charge on any atom is 0.410 e. The topological polar surface area (TPSA) is 41.6 Å². The van der Waals surface area contributed by atoms with E-state index in [0.29, 0.717) is 6.54 Å². The largest absolute Gasteiger partial charge is 0.444 e. The Bertz CT molecular complexity index is 413. The van der Waals surface area contributed by atoms with Crippen LogP contribution in [0.3, 0.4) is 0 Å². The first-order chi connectivity index (χ1) is 9.88. The number of nitrogens with zero attached hydrogens (tertiary/aromatic N) is 1. The Morgan fingerprint density at radius 3 is 2.48 bits per heavy atom. The molecule has 21 heavy (non-hydrogen) atoms. The number of rotatable bonds is 7. The molecule has 1 aromatic carbocycles. The molecule has 0 saturated carbocycles. The van der Waals surface area contributed by atoms with Gasteiger partial charge in [0.05, 0.1) is 0 Å². The Kier molecular flexibility index (Phi) is 7.23. The number of nitrogens with one attached hydrogen (secondary N) is 1. The number of hydrogen-bond acceptors (Lipinski definition) is 3. The summed E-state index contributed by atoms with van der Waals surface area (Å²) in [6, 6.07) is 10.5. The van der Waals surface area contributed by atoms with Crippen LogP contribution in [0.25, 0.3) is 0 Å². The van der Waals surface area contributed by atoms with Crippen LogP contribution in [0.1, 0.15) is 32.8 Å².